The molecule has 2 fully saturated rings. The second kappa shape index (κ2) is 6.60. The van der Waals surface area contributed by atoms with E-state index in [0.29, 0.717) is 11.5 Å². The Morgan fingerprint density at radius 3 is 2.29 bits per heavy atom. The third-order valence-corrected chi connectivity index (χ3v) is 5.73. The number of aliphatic imine (C=N–C) groups is 1. The molecule has 1 aliphatic carbocycles. The summed E-state index contributed by atoms with van der Waals surface area (Å²) in [5.41, 5.74) is 0.515. The van der Waals surface area contributed by atoms with Crippen molar-refractivity contribution in [3.63, 3.8) is 0 Å². The van der Waals surface area contributed by atoms with E-state index < -0.39 is 0 Å². The van der Waals surface area contributed by atoms with Gasteiger partial charge in [0.25, 0.3) is 0 Å². The lowest BCUT2D eigenvalue weighted by molar-refractivity contribution is -0.0668. The fraction of sp³-hybridized carbons (Fsp3) is 0.938. The molecule has 1 saturated heterocycles. The van der Waals surface area contributed by atoms with Crippen LogP contribution in [0.25, 0.3) is 0 Å². The van der Waals surface area contributed by atoms with Crippen LogP contribution in [-0.2, 0) is 0 Å². The van der Waals surface area contributed by atoms with Crippen molar-refractivity contribution >= 4 is 29.9 Å². The standard InChI is InChI=1S/C16H32N4.HI/c1-12(19(7)13-8-9-13)10-18-14(17-6)20-11-15(2,3)16(20,4)5;/h12-13H,8-11H2,1-7H3,(H,17,18);1H. The molecule has 1 N–H and O–H groups in total. The quantitative estimate of drug-likeness (QED) is 0.441. The molecular formula is C16H33IN4. The lowest BCUT2D eigenvalue weighted by Crippen LogP contribution is -2.72. The maximum Gasteiger partial charge on any atom is 0.194 e. The molecule has 2 rings (SSSR count). The normalized spacial score (nSPS) is 25.1. The van der Waals surface area contributed by atoms with Crippen LogP contribution in [0.2, 0.25) is 0 Å². The Morgan fingerprint density at radius 1 is 1.33 bits per heavy atom. The van der Waals surface area contributed by atoms with Crippen molar-refractivity contribution in [3.05, 3.63) is 0 Å². The van der Waals surface area contributed by atoms with E-state index in [1.54, 1.807) is 0 Å². The number of likely N-dealkylation sites (N-methyl/N-ethyl adjacent to an activating group) is 1. The summed E-state index contributed by atoms with van der Waals surface area (Å²) in [5, 5.41) is 3.56. The molecule has 21 heavy (non-hydrogen) atoms. The van der Waals surface area contributed by atoms with Gasteiger partial charge in [0.15, 0.2) is 5.96 Å². The van der Waals surface area contributed by atoms with E-state index in [1.165, 1.54) is 12.8 Å². The van der Waals surface area contributed by atoms with Gasteiger partial charge in [0.1, 0.15) is 0 Å². The van der Waals surface area contributed by atoms with Gasteiger partial charge in [-0.1, -0.05) is 13.8 Å². The summed E-state index contributed by atoms with van der Waals surface area (Å²) >= 11 is 0. The van der Waals surface area contributed by atoms with Crippen molar-refractivity contribution in [3.8, 4) is 0 Å². The number of rotatable bonds is 4. The van der Waals surface area contributed by atoms with Crippen molar-refractivity contribution in [2.24, 2.45) is 10.4 Å². The van der Waals surface area contributed by atoms with Gasteiger partial charge in [0.2, 0.25) is 0 Å². The van der Waals surface area contributed by atoms with Gasteiger partial charge in [0, 0.05) is 43.2 Å². The van der Waals surface area contributed by atoms with Crippen LogP contribution in [-0.4, -0.2) is 60.6 Å². The van der Waals surface area contributed by atoms with Crippen molar-refractivity contribution < 1.29 is 0 Å². The van der Waals surface area contributed by atoms with Crippen molar-refractivity contribution in [1.82, 2.24) is 15.1 Å². The fourth-order valence-corrected chi connectivity index (χ4v) is 2.92. The first-order chi connectivity index (χ1) is 9.20. The second-order valence-electron chi connectivity index (χ2n) is 7.70. The van der Waals surface area contributed by atoms with E-state index in [4.69, 9.17) is 0 Å². The highest BCUT2D eigenvalue weighted by atomic mass is 127. The molecule has 5 heteroatoms. The third-order valence-electron chi connectivity index (χ3n) is 5.73. The maximum atomic E-state index is 4.48. The molecule has 0 bridgehead atoms. The lowest BCUT2D eigenvalue weighted by Gasteiger charge is -2.62. The predicted octanol–water partition coefficient (Wildman–Crippen LogP) is 2.78. The van der Waals surface area contributed by atoms with E-state index in [2.05, 4.69) is 61.8 Å². The highest BCUT2D eigenvalue weighted by Gasteiger charge is 2.53. The lowest BCUT2D eigenvalue weighted by atomic mass is 9.65. The number of nitrogens with zero attached hydrogens (tertiary/aromatic N) is 3. The first-order valence-electron chi connectivity index (χ1n) is 7.91. The average molecular weight is 408 g/mol. The largest absolute Gasteiger partial charge is 0.355 e. The summed E-state index contributed by atoms with van der Waals surface area (Å²) in [5.74, 6) is 1.05. The van der Waals surface area contributed by atoms with Gasteiger partial charge < -0.3 is 10.2 Å². The number of hydrogen-bond donors (Lipinski definition) is 1. The number of hydrogen-bond acceptors (Lipinski definition) is 2. The Morgan fingerprint density at radius 2 is 1.90 bits per heavy atom. The summed E-state index contributed by atoms with van der Waals surface area (Å²) in [6.45, 7) is 13.6. The van der Waals surface area contributed by atoms with Crippen LogP contribution >= 0.6 is 24.0 Å². The monoisotopic (exact) mass is 408 g/mol. The fourth-order valence-electron chi connectivity index (χ4n) is 2.92. The molecular weight excluding hydrogens is 375 g/mol. The van der Waals surface area contributed by atoms with E-state index in [0.717, 1.165) is 25.1 Å². The molecule has 124 valence electrons. The summed E-state index contributed by atoms with van der Waals surface area (Å²) in [6.07, 6.45) is 2.73. The van der Waals surface area contributed by atoms with Crippen LogP contribution in [0.15, 0.2) is 4.99 Å². The van der Waals surface area contributed by atoms with Gasteiger partial charge in [-0.25, -0.2) is 0 Å². The number of likely N-dealkylation sites (tertiary alicyclic amines) is 1. The number of halogens is 1. The minimum atomic E-state index is 0. The zero-order valence-electron chi connectivity index (χ0n) is 14.7. The molecule has 1 heterocycles. The van der Waals surface area contributed by atoms with E-state index in [9.17, 15) is 0 Å². The van der Waals surface area contributed by atoms with Gasteiger partial charge in [0.05, 0.1) is 0 Å². The van der Waals surface area contributed by atoms with E-state index >= 15 is 0 Å². The molecule has 0 aromatic carbocycles. The molecule has 0 amide bonds. The molecule has 4 nitrogen and oxygen atoms in total. The van der Waals surface area contributed by atoms with Crippen LogP contribution in [0.4, 0.5) is 0 Å². The Hall–Kier alpha value is -0.0400. The average Bonchev–Trinajstić information content (AvgIpc) is 3.21. The first-order valence-corrected chi connectivity index (χ1v) is 7.91. The van der Waals surface area contributed by atoms with Crippen LogP contribution in [0.1, 0.15) is 47.5 Å². The molecule has 1 aliphatic heterocycles. The molecule has 1 saturated carbocycles. The van der Waals surface area contributed by atoms with Gasteiger partial charge in [-0.3, -0.25) is 9.89 Å². The molecule has 0 spiro atoms. The smallest absolute Gasteiger partial charge is 0.194 e. The topological polar surface area (TPSA) is 30.9 Å². The predicted molar refractivity (Wildman–Crippen MR) is 102 cm³/mol. The highest BCUT2D eigenvalue weighted by Crippen LogP contribution is 2.46. The van der Waals surface area contributed by atoms with Crippen LogP contribution in [0, 0.1) is 5.41 Å². The molecule has 0 radical (unpaired) electrons. The third kappa shape index (κ3) is 3.66. The SMILES string of the molecule is CN=C(NCC(C)N(C)C1CC1)N1CC(C)(C)C1(C)C.I. The van der Waals surface area contributed by atoms with Gasteiger partial charge in [-0.05, 0) is 40.7 Å². The summed E-state index contributed by atoms with van der Waals surface area (Å²) < 4.78 is 0. The highest BCUT2D eigenvalue weighted by molar-refractivity contribution is 14.0. The van der Waals surface area contributed by atoms with E-state index in [-0.39, 0.29) is 29.5 Å². The Bertz CT molecular complexity index is 388. The molecule has 0 aromatic rings. The zero-order chi connectivity index (χ0) is 15.1. The second-order valence-corrected chi connectivity index (χ2v) is 7.70. The summed E-state index contributed by atoms with van der Waals surface area (Å²) in [6, 6.07) is 1.37. The Kier molecular flexibility index (Phi) is 5.98. The molecule has 1 atom stereocenters. The van der Waals surface area contributed by atoms with Gasteiger partial charge in [-0.15, -0.1) is 24.0 Å². The number of guanidine groups is 1. The van der Waals surface area contributed by atoms with Crippen molar-refractivity contribution in [2.45, 2.75) is 65.1 Å². The molecule has 2 aliphatic rings. The van der Waals surface area contributed by atoms with E-state index in [1.807, 2.05) is 7.05 Å². The van der Waals surface area contributed by atoms with Crippen LogP contribution in [0.5, 0.6) is 0 Å². The van der Waals surface area contributed by atoms with Crippen molar-refractivity contribution in [1.29, 1.82) is 0 Å². The Balaban J connectivity index is 0.00000220. The minimum absolute atomic E-state index is 0. The Labute approximate surface area is 147 Å². The first kappa shape index (κ1) is 19.0. The van der Waals surface area contributed by atoms with Gasteiger partial charge in [-0.2, -0.15) is 0 Å². The summed E-state index contributed by atoms with van der Waals surface area (Å²) in [4.78, 5) is 9.37. The summed E-state index contributed by atoms with van der Waals surface area (Å²) in [7, 11) is 4.13. The van der Waals surface area contributed by atoms with Crippen LogP contribution < -0.4 is 5.32 Å². The maximum absolute atomic E-state index is 4.48. The zero-order valence-corrected chi connectivity index (χ0v) is 17.1. The van der Waals surface area contributed by atoms with Crippen LogP contribution in [0.3, 0.4) is 0 Å². The minimum Gasteiger partial charge on any atom is -0.355 e. The molecule has 1 unspecified atom stereocenters. The van der Waals surface area contributed by atoms with Gasteiger partial charge >= 0.3 is 0 Å². The number of nitrogens with one attached hydrogen (secondary N) is 1. The van der Waals surface area contributed by atoms with Crippen molar-refractivity contribution in [2.75, 3.05) is 27.2 Å². The molecule has 0 aromatic heterocycles.